The number of carbonyl (C=O) groups excluding carboxylic acids is 1. The summed E-state index contributed by atoms with van der Waals surface area (Å²) in [5.41, 5.74) is 1.48. The number of hydrogen-bond donors (Lipinski definition) is 0. The molecule has 0 aromatic heterocycles. The maximum Gasteiger partial charge on any atom is 0.123 e. The molecule has 0 amide bonds. The highest BCUT2D eigenvalue weighted by Crippen LogP contribution is 2.48. The molecule has 0 aromatic rings. The molecule has 1 saturated carbocycles. The maximum atomic E-state index is 10.9. The summed E-state index contributed by atoms with van der Waals surface area (Å²) in [6.07, 6.45) is 8.65. The Labute approximate surface area is 86.6 Å². The van der Waals surface area contributed by atoms with Gasteiger partial charge >= 0.3 is 0 Å². The van der Waals surface area contributed by atoms with Crippen LogP contribution < -0.4 is 0 Å². The monoisotopic (exact) mass is 192 g/mol. The minimum Gasteiger partial charge on any atom is -0.303 e. The standard InChI is InChI=1S/C13H20O/c1-3-4-10-7-13-9(2)5-11(10)6-12(13)8-14/h5,8,10-13H,3-4,6-7H2,1-2H3. The number of hydrogen-bond acceptors (Lipinski definition) is 1. The molecule has 0 spiro atoms. The van der Waals surface area contributed by atoms with Crippen LogP contribution in [0, 0.1) is 23.7 Å². The first-order valence-corrected chi connectivity index (χ1v) is 5.89. The van der Waals surface area contributed by atoms with Crippen LogP contribution in [0.4, 0.5) is 0 Å². The molecular weight excluding hydrogens is 172 g/mol. The summed E-state index contributed by atoms with van der Waals surface area (Å²) in [6.45, 7) is 4.46. The molecule has 14 heavy (non-hydrogen) atoms. The molecule has 1 nitrogen and oxygen atoms in total. The van der Waals surface area contributed by atoms with Gasteiger partial charge in [0, 0.05) is 5.92 Å². The normalized spacial score (nSPS) is 40.9. The van der Waals surface area contributed by atoms with Crippen LogP contribution in [0.25, 0.3) is 0 Å². The van der Waals surface area contributed by atoms with E-state index < -0.39 is 0 Å². The van der Waals surface area contributed by atoms with E-state index in [0.717, 1.165) is 12.3 Å². The van der Waals surface area contributed by atoms with E-state index in [1.54, 1.807) is 0 Å². The van der Waals surface area contributed by atoms with Crippen LogP contribution in [-0.4, -0.2) is 6.29 Å². The van der Waals surface area contributed by atoms with Crippen molar-refractivity contribution in [1.82, 2.24) is 0 Å². The van der Waals surface area contributed by atoms with Gasteiger partial charge < -0.3 is 4.79 Å². The van der Waals surface area contributed by atoms with Gasteiger partial charge in [0.2, 0.25) is 0 Å². The van der Waals surface area contributed by atoms with E-state index in [4.69, 9.17) is 0 Å². The van der Waals surface area contributed by atoms with Crippen LogP contribution >= 0.6 is 0 Å². The third-order valence-corrected chi connectivity index (χ3v) is 4.12. The molecule has 0 aromatic carbocycles. The number of carbonyl (C=O) groups is 1. The lowest BCUT2D eigenvalue weighted by Crippen LogP contribution is -2.37. The minimum atomic E-state index is 0.332. The molecule has 4 atom stereocenters. The van der Waals surface area contributed by atoms with Crippen molar-refractivity contribution < 1.29 is 4.79 Å². The molecule has 0 aliphatic heterocycles. The Bertz CT molecular complexity index is 254. The molecule has 3 rings (SSSR count). The minimum absolute atomic E-state index is 0.332. The second-order valence-corrected chi connectivity index (χ2v) is 5.00. The Morgan fingerprint density at radius 1 is 1.50 bits per heavy atom. The Morgan fingerprint density at radius 3 is 2.86 bits per heavy atom. The van der Waals surface area contributed by atoms with Gasteiger partial charge in [-0.2, -0.15) is 0 Å². The summed E-state index contributed by atoms with van der Waals surface area (Å²) in [7, 11) is 0. The third-order valence-electron chi connectivity index (χ3n) is 4.12. The average molecular weight is 192 g/mol. The molecule has 78 valence electrons. The largest absolute Gasteiger partial charge is 0.303 e. The van der Waals surface area contributed by atoms with E-state index >= 15 is 0 Å². The van der Waals surface area contributed by atoms with Crippen molar-refractivity contribution in [2.75, 3.05) is 0 Å². The van der Waals surface area contributed by atoms with Gasteiger partial charge in [0.25, 0.3) is 0 Å². The highest BCUT2D eigenvalue weighted by atomic mass is 16.1. The molecule has 4 unspecified atom stereocenters. The fraction of sp³-hybridized carbons (Fsp3) is 0.769. The molecule has 1 heteroatoms. The van der Waals surface area contributed by atoms with Crippen LogP contribution in [0.15, 0.2) is 11.6 Å². The lowest BCUT2D eigenvalue weighted by atomic mass is 9.60. The van der Waals surface area contributed by atoms with E-state index in [-0.39, 0.29) is 0 Å². The van der Waals surface area contributed by atoms with Crippen LogP contribution in [0.2, 0.25) is 0 Å². The van der Waals surface area contributed by atoms with Gasteiger partial charge in [-0.25, -0.2) is 0 Å². The predicted octanol–water partition coefficient (Wildman–Crippen LogP) is 3.20. The summed E-state index contributed by atoms with van der Waals surface area (Å²) in [5, 5.41) is 0. The first-order valence-electron chi connectivity index (χ1n) is 5.89. The zero-order chi connectivity index (χ0) is 10.1. The van der Waals surface area contributed by atoms with Crippen LogP contribution in [0.3, 0.4) is 0 Å². The molecule has 0 radical (unpaired) electrons. The number of allylic oxidation sites excluding steroid dienone is 2. The number of rotatable bonds is 3. The summed E-state index contributed by atoms with van der Waals surface area (Å²) in [4.78, 5) is 10.9. The van der Waals surface area contributed by atoms with E-state index in [2.05, 4.69) is 19.9 Å². The topological polar surface area (TPSA) is 17.1 Å². The quantitative estimate of drug-likeness (QED) is 0.495. The first kappa shape index (κ1) is 9.95. The van der Waals surface area contributed by atoms with Crippen molar-refractivity contribution in [3.8, 4) is 0 Å². The highest BCUT2D eigenvalue weighted by Gasteiger charge is 2.40. The fourth-order valence-electron chi connectivity index (χ4n) is 3.39. The smallest absolute Gasteiger partial charge is 0.123 e. The van der Waals surface area contributed by atoms with Crippen LogP contribution in [0.1, 0.15) is 39.5 Å². The third kappa shape index (κ3) is 1.53. The zero-order valence-electron chi connectivity index (χ0n) is 9.20. The SMILES string of the molecule is CCCC1CC2C(C)=CC1CC2C=O. The van der Waals surface area contributed by atoms with Crippen LogP contribution in [0.5, 0.6) is 0 Å². The van der Waals surface area contributed by atoms with Crippen LogP contribution in [-0.2, 0) is 4.79 Å². The van der Waals surface area contributed by atoms with E-state index in [1.807, 2.05) is 0 Å². The summed E-state index contributed by atoms with van der Waals surface area (Å²) < 4.78 is 0. The van der Waals surface area contributed by atoms with Gasteiger partial charge in [-0.15, -0.1) is 0 Å². The van der Waals surface area contributed by atoms with Gasteiger partial charge in [-0.1, -0.05) is 31.4 Å². The van der Waals surface area contributed by atoms with E-state index in [0.29, 0.717) is 17.8 Å². The van der Waals surface area contributed by atoms with E-state index in [1.165, 1.54) is 31.1 Å². The summed E-state index contributed by atoms with van der Waals surface area (Å²) in [5.74, 6) is 2.48. The molecule has 0 heterocycles. The molecule has 3 aliphatic carbocycles. The second-order valence-electron chi connectivity index (χ2n) is 5.00. The van der Waals surface area contributed by atoms with Gasteiger partial charge in [0.15, 0.2) is 0 Å². The molecule has 0 N–H and O–H groups in total. The average Bonchev–Trinajstić information content (AvgIpc) is 2.19. The zero-order valence-corrected chi connectivity index (χ0v) is 9.20. The second kappa shape index (κ2) is 3.88. The lowest BCUT2D eigenvalue weighted by Gasteiger charge is -2.44. The van der Waals surface area contributed by atoms with Crippen molar-refractivity contribution in [3.05, 3.63) is 11.6 Å². The van der Waals surface area contributed by atoms with E-state index in [9.17, 15) is 4.79 Å². The Morgan fingerprint density at radius 2 is 2.29 bits per heavy atom. The highest BCUT2D eigenvalue weighted by molar-refractivity contribution is 5.56. The summed E-state index contributed by atoms with van der Waals surface area (Å²) in [6, 6.07) is 0. The van der Waals surface area contributed by atoms with Crippen molar-refractivity contribution in [3.63, 3.8) is 0 Å². The van der Waals surface area contributed by atoms with Crippen molar-refractivity contribution >= 4 is 6.29 Å². The first-order chi connectivity index (χ1) is 6.76. The lowest BCUT2D eigenvalue weighted by molar-refractivity contribution is -0.114. The maximum absolute atomic E-state index is 10.9. The van der Waals surface area contributed by atoms with Gasteiger partial charge in [-0.05, 0) is 37.5 Å². The Kier molecular flexibility index (Phi) is 2.76. The molecule has 1 fully saturated rings. The summed E-state index contributed by atoms with van der Waals surface area (Å²) >= 11 is 0. The predicted molar refractivity (Wildman–Crippen MR) is 57.9 cm³/mol. The molecule has 3 aliphatic rings. The van der Waals surface area contributed by atoms with Crippen molar-refractivity contribution in [1.29, 1.82) is 0 Å². The fourth-order valence-corrected chi connectivity index (χ4v) is 3.39. The van der Waals surface area contributed by atoms with Gasteiger partial charge in [0.1, 0.15) is 6.29 Å². The molecular formula is C13H20O. The molecule has 0 saturated heterocycles. The number of aldehydes is 1. The number of fused-ring (bicyclic) bond motifs is 2. The Hall–Kier alpha value is -0.590. The van der Waals surface area contributed by atoms with Gasteiger partial charge in [0.05, 0.1) is 0 Å². The van der Waals surface area contributed by atoms with Gasteiger partial charge in [-0.3, -0.25) is 0 Å². The van der Waals surface area contributed by atoms with Crippen molar-refractivity contribution in [2.24, 2.45) is 23.7 Å². The molecule has 2 bridgehead atoms. The van der Waals surface area contributed by atoms with Crippen molar-refractivity contribution in [2.45, 2.75) is 39.5 Å². The Balaban J connectivity index is 2.14.